The lowest BCUT2D eigenvalue weighted by Crippen LogP contribution is -2.42. The highest BCUT2D eigenvalue weighted by molar-refractivity contribution is 5.77. The summed E-state index contributed by atoms with van der Waals surface area (Å²) in [5, 5.41) is 0. The number of aromatic nitrogens is 3. The zero-order chi connectivity index (χ0) is 14.7. The van der Waals surface area contributed by atoms with Gasteiger partial charge in [-0.3, -0.25) is 9.78 Å². The van der Waals surface area contributed by atoms with Crippen molar-refractivity contribution in [1.82, 2.24) is 15.0 Å². The fraction of sp³-hybridized carbons (Fsp3) is 0.333. The van der Waals surface area contributed by atoms with Crippen molar-refractivity contribution in [2.45, 2.75) is 18.9 Å². The SMILES string of the molecule is NC(=O)C1CCN(c2ncccn2)C(c2ccccn2)C1. The van der Waals surface area contributed by atoms with Crippen LogP contribution in [0.25, 0.3) is 0 Å². The van der Waals surface area contributed by atoms with E-state index in [1.165, 1.54) is 0 Å². The molecule has 1 saturated heterocycles. The molecule has 0 saturated carbocycles. The first-order chi connectivity index (χ1) is 10.3. The minimum absolute atomic E-state index is 0.0279. The first-order valence-electron chi connectivity index (χ1n) is 6.99. The first-order valence-corrected chi connectivity index (χ1v) is 6.99. The highest BCUT2D eigenvalue weighted by atomic mass is 16.1. The van der Waals surface area contributed by atoms with Gasteiger partial charge in [-0.25, -0.2) is 9.97 Å². The average molecular weight is 283 g/mol. The minimum Gasteiger partial charge on any atom is -0.369 e. The predicted octanol–water partition coefficient (Wildman–Crippen LogP) is 1.31. The van der Waals surface area contributed by atoms with Crippen LogP contribution >= 0.6 is 0 Å². The predicted molar refractivity (Wildman–Crippen MR) is 78.3 cm³/mol. The molecule has 6 heteroatoms. The maximum Gasteiger partial charge on any atom is 0.225 e. The molecule has 0 spiro atoms. The number of amides is 1. The van der Waals surface area contributed by atoms with Crippen molar-refractivity contribution < 1.29 is 4.79 Å². The summed E-state index contributed by atoms with van der Waals surface area (Å²) in [5.74, 6) is 0.289. The molecule has 3 rings (SSSR count). The van der Waals surface area contributed by atoms with Gasteiger partial charge in [0.25, 0.3) is 0 Å². The summed E-state index contributed by atoms with van der Waals surface area (Å²) in [4.78, 5) is 26.7. The Morgan fingerprint density at radius 1 is 1.14 bits per heavy atom. The molecule has 2 unspecified atom stereocenters. The molecule has 2 atom stereocenters. The van der Waals surface area contributed by atoms with E-state index in [1.807, 2.05) is 18.2 Å². The van der Waals surface area contributed by atoms with Gasteiger partial charge in [0.15, 0.2) is 0 Å². The Morgan fingerprint density at radius 3 is 2.57 bits per heavy atom. The highest BCUT2D eigenvalue weighted by Crippen LogP contribution is 2.35. The van der Waals surface area contributed by atoms with Gasteiger partial charge in [-0.1, -0.05) is 6.07 Å². The summed E-state index contributed by atoms with van der Waals surface area (Å²) < 4.78 is 0. The largest absolute Gasteiger partial charge is 0.369 e. The van der Waals surface area contributed by atoms with Crippen molar-refractivity contribution in [2.75, 3.05) is 11.4 Å². The van der Waals surface area contributed by atoms with Crippen molar-refractivity contribution in [1.29, 1.82) is 0 Å². The van der Waals surface area contributed by atoms with E-state index in [9.17, 15) is 4.79 Å². The summed E-state index contributed by atoms with van der Waals surface area (Å²) in [6.45, 7) is 0.693. The second-order valence-corrected chi connectivity index (χ2v) is 5.14. The van der Waals surface area contributed by atoms with Gasteiger partial charge in [0.2, 0.25) is 11.9 Å². The number of primary amides is 1. The number of hydrogen-bond donors (Lipinski definition) is 1. The Labute approximate surface area is 123 Å². The third-order valence-electron chi connectivity index (χ3n) is 3.84. The van der Waals surface area contributed by atoms with Crippen molar-refractivity contribution in [3.05, 3.63) is 48.5 Å². The summed E-state index contributed by atoms with van der Waals surface area (Å²) in [7, 11) is 0. The van der Waals surface area contributed by atoms with Crippen LogP contribution in [0.4, 0.5) is 5.95 Å². The standard InChI is InChI=1S/C15H17N5O/c16-14(21)11-5-9-20(15-18-7-3-8-19-15)13(10-11)12-4-1-2-6-17-12/h1-4,6-8,11,13H,5,9-10H2,(H2,16,21). The molecule has 6 nitrogen and oxygen atoms in total. The van der Waals surface area contributed by atoms with Crippen molar-refractivity contribution in [3.8, 4) is 0 Å². The zero-order valence-corrected chi connectivity index (χ0v) is 11.6. The average Bonchev–Trinajstić information content (AvgIpc) is 2.56. The lowest BCUT2D eigenvalue weighted by atomic mass is 9.88. The normalized spacial score (nSPS) is 22.0. The van der Waals surface area contributed by atoms with Gasteiger partial charge in [0.1, 0.15) is 0 Å². The molecular formula is C15H17N5O. The van der Waals surface area contributed by atoms with Gasteiger partial charge in [0.05, 0.1) is 11.7 Å². The third kappa shape index (κ3) is 2.84. The second kappa shape index (κ2) is 5.87. The smallest absolute Gasteiger partial charge is 0.225 e. The lowest BCUT2D eigenvalue weighted by Gasteiger charge is -2.38. The zero-order valence-electron chi connectivity index (χ0n) is 11.6. The Morgan fingerprint density at radius 2 is 1.90 bits per heavy atom. The van der Waals surface area contributed by atoms with Crippen LogP contribution in [-0.4, -0.2) is 27.4 Å². The van der Waals surface area contributed by atoms with E-state index < -0.39 is 0 Å². The molecule has 2 N–H and O–H groups in total. The number of anilines is 1. The van der Waals surface area contributed by atoms with Crippen molar-refractivity contribution in [2.24, 2.45) is 11.7 Å². The quantitative estimate of drug-likeness (QED) is 0.918. The van der Waals surface area contributed by atoms with Crippen LogP contribution in [0, 0.1) is 5.92 Å². The number of nitrogens with two attached hydrogens (primary N) is 1. The molecule has 1 amide bonds. The maximum atomic E-state index is 11.5. The molecule has 0 radical (unpaired) electrons. The van der Waals surface area contributed by atoms with E-state index in [1.54, 1.807) is 24.7 Å². The van der Waals surface area contributed by atoms with Gasteiger partial charge in [-0.05, 0) is 31.0 Å². The second-order valence-electron chi connectivity index (χ2n) is 5.14. The maximum absolute atomic E-state index is 11.5. The first kappa shape index (κ1) is 13.5. The molecule has 2 aromatic rings. The van der Waals surface area contributed by atoms with Crippen LogP contribution in [0.15, 0.2) is 42.9 Å². The van der Waals surface area contributed by atoms with E-state index >= 15 is 0 Å². The van der Waals surface area contributed by atoms with Crippen LogP contribution in [-0.2, 0) is 4.79 Å². The molecular weight excluding hydrogens is 266 g/mol. The summed E-state index contributed by atoms with van der Waals surface area (Å²) in [5.41, 5.74) is 6.40. The van der Waals surface area contributed by atoms with Gasteiger partial charge in [0, 0.05) is 31.1 Å². The number of pyridine rings is 1. The van der Waals surface area contributed by atoms with E-state index in [4.69, 9.17) is 5.73 Å². The molecule has 1 aliphatic rings. The molecule has 0 aliphatic carbocycles. The van der Waals surface area contributed by atoms with Crippen molar-refractivity contribution >= 4 is 11.9 Å². The van der Waals surface area contributed by atoms with E-state index in [0.29, 0.717) is 18.9 Å². The number of nitrogens with zero attached hydrogens (tertiary/aromatic N) is 4. The number of carbonyl (C=O) groups is 1. The van der Waals surface area contributed by atoms with Gasteiger partial charge < -0.3 is 10.6 Å². The lowest BCUT2D eigenvalue weighted by molar-refractivity contribution is -0.122. The number of piperidine rings is 1. The van der Waals surface area contributed by atoms with Gasteiger partial charge in [-0.15, -0.1) is 0 Å². The molecule has 1 aliphatic heterocycles. The highest BCUT2D eigenvalue weighted by Gasteiger charge is 2.34. The number of carbonyl (C=O) groups excluding carboxylic acids is 1. The Bertz CT molecular complexity index is 604. The Kier molecular flexibility index (Phi) is 3.77. The van der Waals surface area contributed by atoms with E-state index in [0.717, 1.165) is 12.1 Å². The monoisotopic (exact) mass is 283 g/mol. The van der Waals surface area contributed by atoms with Gasteiger partial charge >= 0.3 is 0 Å². The Balaban J connectivity index is 1.93. The molecule has 21 heavy (non-hydrogen) atoms. The van der Waals surface area contributed by atoms with Crippen LogP contribution < -0.4 is 10.6 Å². The Hall–Kier alpha value is -2.50. The molecule has 108 valence electrons. The summed E-state index contributed by atoms with van der Waals surface area (Å²) in [6.07, 6.45) is 6.56. The van der Waals surface area contributed by atoms with Crippen LogP contribution in [0.5, 0.6) is 0 Å². The topological polar surface area (TPSA) is 85.0 Å². The van der Waals surface area contributed by atoms with E-state index in [2.05, 4.69) is 19.9 Å². The van der Waals surface area contributed by atoms with Crippen LogP contribution in [0.2, 0.25) is 0 Å². The summed E-state index contributed by atoms with van der Waals surface area (Å²) in [6, 6.07) is 7.54. The minimum atomic E-state index is -0.246. The van der Waals surface area contributed by atoms with Crippen molar-refractivity contribution in [3.63, 3.8) is 0 Å². The van der Waals surface area contributed by atoms with Crippen LogP contribution in [0.1, 0.15) is 24.6 Å². The fourth-order valence-electron chi connectivity index (χ4n) is 2.76. The molecule has 3 heterocycles. The third-order valence-corrected chi connectivity index (χ3v) is 3.84. The fourth-order valence-corrected chi connectivity index (χ4v) is 2.76. The van der Waals surface area contributed by atoms with Gasteiger partial charge in [-0.2, -0.15) is 0 Å². The summed E-state index contributed by atoms with van der Waals surface area (Å²) >= 11 is 0. The molecule has 0 aromatic carbocycles. The number of rotatable bonds is 3. The molecule has 2 aromatic heterocycles. The molecule has 1 fully saturated rings. The number of hydrogen-bond acceptors (Lipinski definition) is 5. The molecule has 0 bridgehead atoms. The van der Waals surface area contributed by atoms with E-state index in [-0.39, 0.29) is 17.9 Å². The van der Waals surface area contributed by atoms with Crippen LogP contribution in [0.3, 0.4) is 0 Å².